The van der Waals surface area contributed by atoms with E-state index in [-0.39, 0.29) is 31.5 Å². The topological polar surface area (TPSA) is 73.8 Å². The Morgan fingerprint density at radius 2 is 1.79 bits per heavy atom. The summed E-state index contributed by atoms with van der Waals surface area (Å²) in [5.74, 6) is 0.722. The third-order valence-electron chi connectivity index (χ3n) is 6.62. The zero-order chi connectivity index (χ0) is 23.4. The highest BCUT2D eigenvalue weighted by Gasteiger charge is 2.32. The number of aliphatic hydroxyl groups excluding tert-OH is 2. The SMILES string of the molecule is OC1c2ccccc2-c2c(OC[C@@H](O)CNC(CCC(F)(F)F)C3CCNCC3)cccc21. The number of alkyl halides is 3. The Morgan fingerprint density at radius 3 is 2.55 bits per heavy atom. The number of hydrogen-bond acceptors (Lipinski definition) is 5. The standard InChI is InChI=1S/C25H31F3N2O3/c26-25(27,28)11-8-21(16-9-12-29-13-10-16)30-14-17(31)15-33-22-7-3-6-20-23(22)18-4-1-2-5-19(18)24(20)32/h1-7,16-17,21,24,29-32H,8-15H2/t17-,21?,24?/m0/s1. The van der Waals surface area contributed by atoms with E-state index in [0.29, 0.717) is 5.75 Å². The molecule has 0 aromatic heterocycles. The van der Waals surface area contributed by atoms with Gasteiger partial charge in [0, 0.05) is 24.6 Å². The van der Waals surface area contributed by atoms with E-state index in [9.17, 15) is 23.4 Å². The van der Waals surface area contributed by atoms with Gasteiger partial charge in [-0.05, 0) is 61.0 Å². The molecule has 1 saturated heterocycles. The molecule has 2 aliphatic rings. The molecule has 0 radical (unpaired) electrons. The summed E-state index contributed by atoms with van der Waals surface area (Å²) in [4.78, 5) is 0. The highest BCUT2D eigenvalue weighted by molar-refractivity contribution is 5.82. The smallest absolute Gasteiger partial charge is 0.389 e. The molecule has 1 aliphatic heterocycles. The zero-order valence-corrected chi connectivity index (χ0v) is 18.4. The second-order valence-electron chi connectivity index (χ2n) is 8.93. The Balaban J connectivity index is 1.36. The number of ether oxygens (including phenoxy) is 1. The number of fused-ring (bicyclic) bond motifs is 3. The van der Waals surface area contributed by atoms with Crippen molar-refractivity contribution in [1.82, 2.24) is 10.6 Å². The van der Waals surface area contributed by atoms with Crippen LogP contribution in [0.2, 0.25) is 0 Å². The van der Waals surface area contributed by atoms with E-state index in [4.69, 9.17) is 4.74 Å². The summed E-state index contributed by atoms with van der Waals surface area (Å²) in [6, 6.07) is 12.7. The summed E-state index contributed by atoms with van der Waals surface area (Å²) in [7, 11) is 0. The highest BCUT2D eigenvalue weighted by atomic mass is 19.4. The molecule has 0 spiro atoms. The van der Waals surface area contributed by atoms with Crippen molar-refractivity contribution in [2.45, 2.75) is 50.1 Å². The van der Waals surface area contributed by atoms with Crippen molar-refractivity contribution in [2.75, 3.05) is 26.2 Å². The number of nitrogens with one attached hydrogen (secondary N) is 2. The molecule has 180 valence electrons. The molecular formula is C25H31F3N2O3. The molecule has 3 atom stereocenters. The maximum atomic E-state index is 12.8. The van der Waals surface area contributed by atoms with Gasteiger partial charge in [0.15, 0.2) is 0 Å². The molecule has 2 aromatic carbocycles. The first-order valence-corrected chi connectivity index (χ1v) is 11.6. The van der Waals surface area contributed by atoms with Crippen LogP contribution in [0.15, 0.2) is 42.5 Å². The maximum Gasteiger partial charge on any atom is 0.389 e. The van der Waals surface area contributed by atoms with Crippen LogP contribution >= 0.6 is 0 Å². The van der Waals surface area contributed by atoms with Gasteiger partial charge in [-0.15, -0.1) is 0 Å². The van der Waals surface area contributed by atoms with Crippen molar-refractivity contribution < 1.29 is 28.1 Å². The highest BCUT2D eigenvalue weighted by Crippen LogP contribution is 2.47. The van der Waals surface area contributed by atoms with Crippen molar-refractivity contribution in [2.24, 2.45) is 5.92 Å². The zero-order valence-electron chi connectivity index (χ0n) is 18.4. The summed E-state index contributed by atoms with van der Waals surface area (Å²) >= 11 is 0. The Morgan fingerprint density at radius 1 is 1.06 bits per heavy atom. The predicted octanol–water partition coefficient (Wildman–Crippen LogP) is 3.79. The monoisotopic (exact) mass is 464 g/mol. The van der Waals surface area contributed by atoms with E-state index in [1.807, 2.05) is 30.3 Å². The molecule has 33 heavy (non-hydrogen) atoms. The van der Waals surface area contributed by atoms with Crippen LogP contribution in [-0.4, -0.2) is 54.8 Å². The molecule has 8 heteroatoms. The minimum Gasteiger partial charge on any atom is -0.490 e. The lowest BCUT2D eigenvalue weighted by Crippen LogP contribution is -2.45. The summed E-state index contributed by atoms with van der Waals surface area (Å²) in [6.45, 7) is 1.75. The Hall–Kier alpha value is -2.13. The van der Waals surface area contributed by atoms with E-state index in [2.05, 4.69) is 10.6 Å². The summed E-state index contributed by atoms with van der Waals surface area (Å²) < 4.78 is 44.3. The number of benzene rings is 2. The lowest BCUT2D eigenvalue weighted by Gasteiger charge is -2.32. The summed E-state index contributed by atoms with van der Waals surface area (Å²) in [5.41, 5.74) is 3.31. The molecule has 1 fully saturated rings. The number of hydrogen-bond donors (Lipinski definition) is 4. The number of piperidine rings is 1. The lowest BCUT2D eigenvalue weighted by atomic mass is 9.87. The normalized spacial score (nSPS) is 20.2. The van der Waals surface area contributed by atoms with Crippen LogP contribution in [0.5, 0.6) is 5.75 Å². The quantitative estimate of drug-likeness (QED) is 0.455. The van der Waals surface area contributed by atoms with Gasteiger partial charge in [0.1, 0.15) is 24.6 Å². The van der Waals surface area contributed by atoms with Crippen molar-refractivity contribution in [3.05, 3.63) is 53.6 Å². The first-order chi connectivity index (χ1) is 15.8. The second kappa shape index (κ2) is 10.4. The lowest BCUT2D eigenvalue weighted by molar-refractivity contribution is -0.137. The van der Waals surface area contributed by atoms with Crippen molar-refractivity contribution >= 4 is 0 Å². The molecule has 0 amide bonds. The molecule has 5 nitrogen and oxygen atoms in total. The van der Waals surface area contributed by atoms with Crippen LogP contribution in [0.3, 0.4) is 0 Å². The van der Waals surface area contributed by atoms with Gasteiger partial charge in [-0.3, -0.25) is 0 Å². The maximum absolute atomic E-state index is 12.8. The van der Waals surface area contributed by atoms with Crippen LogP contribution in [-0.2, 0) is 0 Å². The fourth-order valence-electron chi connectivity index (χ4n) is 4.92. The summed E-state index contributed by atoms with van der Waals surface area (Å²) in [6.07, 6.45) is -4.98. The molecule has 4 N–H and O–H groups in total. The van der Waals surface area contributed by atoms with Crippen LogP contribution < -0.4 is 15.4 Å². The largest absolute Gasteiger partial charge is 0.490 e. The fraction of sp³-hybridized carbons (Fsp3) is 0.520. The van der Waals surface area contributed by atoms with Crippen molar-refractivity contribution in [3.8, 4) is 16.9 Å². The first-order valence-electron chi connectivity index (χ1n) is 11.6. The van der Waals surface area contributed by atoms with Crippen molar-refractivity contribution in [3.63, 3.8) is 0 Å². The van der Waals surface area contributed by atoms with E-state index in [1.165, 1.54) is 0 Å². The second-order valence-corrected chi connectivity index (χ2v) is 8.93. The molecule has 0 saturated carbocycles. The number of halogens is 3. The van der Waals surface area contributed by atoms with Gasteiger partial charge in [0.2, 0.25) is 0 Å². The molecule has 4 rings (SSSR count). The molecule has 1 aliphatic carbocycles. The molecule has 2 unspecified atom stereocenters. The van der Waals surface area contributed by atoms with E-state index in [1.54, 1.807) is 12.1 Å². The Kier molecular flexibility index (Phi) is 7.58. The predicted molar refractivity (Wildman–Crippen MR) is 120 cm³/mol. The van der Waals surface area contributed by atoms with Crippen molar-refractivity contribution in [1.29, 1.82) is 0 Å². The van der Waals surface area contributed by atoms with Crippen LogP contribution in [0.25, 0.3) is 11.1 Å². The van der Waals surface area contributed by atoms with Gasteiger partial charge in [0.05, 0.1) is 0 Å². The molecule has 1 heterocycles. The first kappa shape index (κ1) is 24.0. The average molecular weight is 465 g/mol. The third-order valence-corrected chi connectivity index (χ3v) is 6.62. The van der Waals surface area contributed by atoms with Gasteiger partial charge in [0.25, 0.3) is 0 Å². The Labute approximate surface area is 192 Å². The molecule has 0 bridgehead atoms. The van der Waals surface area contributed by atoms with E-state index in [0.717, 1.165) is 48.2 Å². The van der Waals surface area contributed by atoms with Crippen LogP contribution in [0.4, 0.5) is 13.2 Å². The molecule has 2 aromatic rings. The van der Waals surface area contributed by atoms with Crippen LogP contribution in [0.1, 0.15) is 42.9 Å². The minimum absolute atomic E-state index is 0.0000709. The van der Waals surface area contributed by atoms with Gasteiger partial charge in [-0.25, -0.2) is 0 Å². The van der Waals surface area contributed by atoms with Gasteiger partial charge >= 0.3 is 6.18 Å². The number of rotatable bonds is 9. The van der Waals surface area contributed by atoms with E-state index < -0.39 is 24.8 Å². The average Bonchev–Trinajstić information content (AvgIpc) is 3.10. The fourth-order valence-corrected chi connectivity index (χ4v) is 4.92. The summed E-state index contributed by atoms with van der Waals surface area (Å²) in [5, 5.41) is 27.5. The van der Waals surface area contributed by atoms with Crippen LogP contribution in [0, 0.1) is 5.92 Å². The Bertz CT molecular complexity index is 931. The minimum atomic E-state index is -4.19. The molecular weight excluding hydrogens is 433 g/mol. The van der Waals surface area contributed by atoms with Gasteiger partial charge in [-0.1, -0.05) is 36.4 Å². The van der Waals surface area contributed by atoms with Gasteiger partial charge < -0.3 is 25.6 Å². The van der Waals surface area contributed by atoms with Gasteiger partial charge in [-0.2, -0.15) is 13.2 Å². The number of aliphatic hydroxyl groups is 2. The van der Waals surface area contributed by atoms with E-state index >= 15 is 0 Å². The third kappa shape index (κ3) is 5.87.